The molecule has 2 aromatic carbocycles. The van der Waals surface area contributed by atoms with Crippen molar-refractivity contribution in [2.24, 2.45) is 0 Å². The molecule has 0 unspecified atom stereocenters. The average Bonchev–Trinajstić information content (AvgIpc) is 3.39. The van der Waals surface area contributed by atoms with Gasteiger partial charge >= 0.3 is 0 Å². The van der Waals surface area contributed by atoms with E-state index >= 15 is 0 Å². The van der Waals surface area contributed by atoms with E-state index in [0.29, 0.717) is 5.92 Å². The fourth-order valence-electron chi connectivity index (χ4n) is 2.61. The molecule has 1 aliphatic rings. The van der Waals surface area contributed by atoms with E-state index < -0.39 is 0 Å². The van der Waals surface area contributed by atoms with Crippen LogP contribution in [-0.4, -0.2) is 17.0 Å². The molecule has 1 saturated carbocycles. The van der Waals surface area contributed by atoms with Crippen LogP contribution in [0.5, 0.6) is 0 Å². The molecule has 4 rings (SSSR count). The predicted octanol–water partition coefficient (Wildman–Crippen LogP) is 4.22. The molecule has 1 aliphatic carbocycles. The van der Waals surface area contributed by atoms with Crippen molar-refractivity contribution in [3.63, 3.8) is 0 Å². The van der Waals surface area contributed by atoms with Gasteiger partial charge in [-0.2, -0.15) is 0 Å². The first kappa shape index (κ1) is 12.3. The van der Waals surface area contributed by atoms with Crippen molar-refractivity contribution in [3.05, 3.63) is 54.4 Å². The molecule has 3 aromatic rings. The van der Waals surface area contributed by atoms with Crippen molar-refractivity contribution in [2.45, 2.75) is 18.8 Å². The van der Waals surface area contributed by atoms with E-state index in [9.17, 15) is 0 Å². The zero-order valence-electron chi connectivity index (χ0n) is 12.0. The van der Waals surface area contributed by atoms with E-state index in [-0.39, 0.29) is 0 Å². The number of anilines is 1. The molecule has 1 N–H and O–H groups in total. The molecule has 0 atom stereocenters. The van der Waals surface area contributed by atoms with Crippen LogP contribution in [0.15, 0.2) is 48.5 Å². The summed E-state index contributed by atoms with van der Waals surface area (Å²) in [7, 11) is 1.91. The van der Waals surface area contributed by atoms with Gasteiger partial charge in [0.1, 0.15) is 11.6 Å². The molecule has 0 spiro atoms. The highest BCUT2D eigenvalue weighted by atomic mass is 15.0. The fraction of sp³-hybridized carbons (Fsp3) is 0.222. The van der Waals surface area contributed by atoms with E-state index in [1.807, 2.05) is 13.1 Å². The molecule has 1 aromatic heterocycles. The number of nitrogens with one attached hydrogen (secondary N) is 1. The Labute approximate surface area is 124 Å². The lowest BCUT2D eigenvalue weighted by molar-refractivity contribution is 0.932. The van der Waals surface area contributed by atoms with Gasteiger partial charge in [0.15, 0.2) is 0 Å². The maximum absolute atomic E-state index is 4.77. The van der Waals surface area contributed by atoms with E-state index in [2.05, 4.69) is 52.8 Å². The summed E-state index contributed by atoms with van der Waals surface area (Å²) in [6.45, 7) is 0. The van der Waals surface area contributed by atoms with Crippen molar-refractivity contribution in [3.8, 4) is 11.3 Å². The molecular weight excluding hydrogens is 258 g/mol. The molecule has 0 bridgehead atoms. The van der Waals surface area contributed by atoms with E-state index in [1.165, 1.54) is 23.6 Å². The molecule has 1 heterocycles. The molecular formula is C18H17N3. The van der Waals surface area contributed by atoms with Gasteiger partial charge < -0.3 is 5.32 Å². The SMILES string of the molecule is CNc1cc(-c2ccc3ccccc3c2)nc(C2CC2)n1. The lowest BCUT2D eigenvalue weighted by Crippen LogP contribution is -2.00. The number of rotatable bonds is 3. The normalized spacial score (nSPS) is 14.3. The molecule has 1 fully saturated rings. The van der Waals surface area contributed by atoms with Gasteiger partial charge in [0, 0.05) is 24.6 Å². The van der Waals surface area contributed by atoms with Crippen LogP contribution in [0.2, 0.25) is 0 Å². The highest BCUT2D eigenvalue weighted by Gasteiger charge is 2.27. The summed E-state index contributed by atoms with van der Waals surface area (Å²) in [6.07, 6.45) is 2.43. The van der Waals surface area contributed by atoms with Crippen molar-refractivity contribution in [1.82, 2.24) is 9.97 Å². The van der Waals surface area contributed by atoms with Crippen molar-refractivity contribution in [1.29, 1.82) is 0 Å². The third-order valence-corrected chi connectivity index (χ3v) is 3.99. The van der Waals surface area contributed by atoms with Gasteiger partial charge in [0.25, 0.3) is 0 Å². The second-order valence-corrected chi connectivity index (χ2v) is 5.58. The summed E-state index contributed by atoms with van der Waals surface area (Å²) >= 11 is 0. The minimum Gasteiger partial charge on any atom is -0.373 e. The molecule has 104 valence electrons. The average molecular weight is 275 g/mol. The van der Waals surface area contributed by atoms with Gasteiger partial charge in [-0.25, -0.2) is 9.97 Å². The smallest absolute Gasteiger partial charge is 0.134 e. The second kappa shape index (κ2) is 4.85. The number of aromatic nitrogens is 2. The van der Waals surface area contributed by atoms with Crippen LogP contribution in [-0.2, 0) is 0 Å². The van der Waals surface area contributed by atoms with E-state index in [0.717, 1.165) is 22.9 Å². The quantitative estimate of drug-likeness (QED) is 0.778. The summed E-state index contributed by atoms with van der Waals surface area (Å²) in [5.41, 5.74) is 2.15. The Morgan fingerprint density at radius 2 is 1.76 bits per heavy atom. The van der Waals surface area contributed by atoms with Crippen LogP contribution in [0.4, 0.5) is 5.82 Å². The molecule has 3 nitrogen and oxygen atoms in total. The Balaban J connectivity index is 1.84. The maximum atomic E-state index is 4.77. The van der Waals surface area contributed by atoms with Crippen LogP contribution < -0.4 is 5.32 Å². The summed E-state index contributed by atoms with van der Waals surface area (Å²) < 4.78 is 0. The predicted molar refractivity (Wildman–Crippen MR) is 86.5 cm³/mol. The number of nitrogens with zero attached hydrogens (tertiary/aromatic N) is 2. The summed E-state index contributed by atoms with van der Waals surface area (Å²) in [4.78, 5) is 9.35. The maximum Gasteiger partial charge on any atom is 0.134 e. The Morgan fingerprint density at radius 1 is 0.952 bits per heavy atom. The number of fused-ring (bicyclic) bond motifs is 1. The third-order valence-electron chi connectivity index (χ3n) is 3.99. The molecule has 0 aliphatic heterocycles. The van der Waals surface area contributed by atoms with Gasteiger partial charge in [-0.15, -0.1) is 0 Å². The Kier molecular flexibility index (Phi) is 2.85. The minimum absolute atomic E-state index is 0.553. The number of hydrogen-bond donors (Lipinski definition) is 1. The lowest BCUT2D eigenvalue weighted by atomic mass is 10.0. The zero-order valence-corrected chi connectivity index (χ0v) is 12.0. The first-order valence-corrected chi connectivity index (χ1v) is 7.39. The summed E-state index contributed by atoms with van der Waals surface area (Å²) in [6, 6.07) is 16.9. The number of hydrogen-bond acceptors (Lipinski definition) is 3. The van der Waals surface area contributed by atoms with Gasteiger partial charge in [0.05, 0.1) is 5.69 Å². The van der Waals surface area contributed by atoms with Crippen LogP contribution in [0, 0.1) is 0 Å². The van der Waals surface area contributed by atoms with Gasteiger partial charge in [-0.1, -0.05) is 36.4 Å². The van der Waals surface area contributed by atoms with E-state index in [4.69, 9.17) is 4.98 Å². The Hall–Kier alpha value is -2.42. The van der Waals surface area contributed by atoms with Gasteiger partial charge in [0.2, 0.25) is 0 Å². The van der Waals surface area contributed by atoms with Gasteiger partial charge in [-0.3, -0.25) is 0 Å². The first-order chi connectivity index (χ1) is 10.3. The molecule has 3 heteroatoms. The minimum atomic E-state index is 0.553. The van der Waals surface area contributed by atoms with Crippen LogP contribution >= 0.6 is 0 Å². The summed E-state index contributed by atoms with van der Waals surface area (Å²) in [5.74, 6) is 2.43. The standard InChI is InChI=1S/C18H17N3/c1-19-17-11-16(20-18(21-17)13-7-8-13)15-9-6-12-4-2-3-5-14(12)10-15/h2-6,9-11,13H,7-8H2,1H3,(H,19,20,21). The van der Waals surface area contributed by atoms with Crippen LogP contribution in [0.3, 0.4) is 0 Å². The molecule has 0 radical (unpaired) electrons. The van der Waals surface area contributed by atoms with Gasteiger partial charge in [-0.05, 0) is 29.7 Å². The molecule has 0 saturated heterocycles. The van der Waals surface area contributed by atoms with E-state index in [1.54, 1.807) is 0 Å². The molecule has 0 amide bonds. The monoisotopic (exact) mass is 275 g/mol. The third kappa shape index (κ3) is 2.35. The van der Waals surface area contributed by atoms with Crippen molar-refractivity contribution >= 4 is 16.6 Å². The molecule has 21 heavy (non-hydrogen) atoms. The van der Waals surface area contributed by atoms with Crippen LogP contribution in [0.25, 0.3) is 22.0 Å². The Morgan fingerprint density at radius 3 is 2.52 bits per heavy atom. The topological polar surface area (TPSA) is 37.8 Å². The Bertz CT molecular complexity index is 806. The summed E-state index contributed by atoms with van der Waals surface area (Å²) in [5, 5.41) is 5.65. The highest BCUT2D eigenvalue weighted by Crippen LogP contribution is 2.39. The number of benzene rings is 2. The van der Waals surface area contributed by atoms with Crippen molar-refractivity contribution in [2.75, 3.05) is 12.4 Å². The highest BCUT2D eigenvalue weighted by molar-refractivity contribution is 5.86. The second-order valence-electron chi connectivity index (χ2n) is 5.58. The fourth-order valence-corrected chi connectivity index (χ4v) is 2.61. The largest absolute Gasteiger partial charge is 0.373 e. The van der Waals surface area contributed by atoms with Crippen molar-refractivity contribution < 1.29 is 0 Å². The zero-order chi connectivity index (χ0) is 14.2. The van der Waals surface area contributed by atoms with Crippen LogP contribution in [0.1, 0.15) is 24.6 Å². The first-order valence-electron chi connectivity index (χ1n) is 7.39. The lowest BCUT2D eigenvalue weighted by Gasteiger charge is -2.08.